The molecular formula is C11H16N2O2. The molecule has 1 unspecified atom stereocenters. The quantitative estimate of drug-likeness (QED) is 0.565. The van der Waals surface area contributed by atoms with Crippen molar-refractivity contribution in [2.45, 2.75) is 32.7 Å². The number of allylic oxidation sites excluding steroid dienone is 1. The molecule has 0 amide bonds. The van der Waals surface area contributed by atoms with Crippen LogP contribution in [0.25, 0.3) is 0 Å². The van der Waals surface area contributed by atoms with Crippen molar-refractivity contribution >= 4 is 17.9 Å². The molecular weight excluding hydrogens is 192 g/mol. The number of nitrogens with one attached hydrogen (secondary N) is 1. The highest BCUT2D eigenvalue weighted by Crippen LogP contribution is 2.16. The second kappa shape index (κ2) is 5.44. The van der Waals surface area contributed by atoms with Crippen molar-refractivity contribution in [1.82, 2.24) is 0 Å². The van der Waals surface area contributed by atoms with Gasteiger partial charge in [-0.15, -0.1) is 0 Å². The van der Waals surface area contributed by atoms with Gasteiger partial charge in [-0.3, -0.25) is 4.99 Å². The Morgan fingerprint density at radius 2 is 2.53 bits per heavy atom. The molecule has 0 aromatic rings. The van der Waals surface area contributed by atoms with Crippen LogP contribution in [0.3, 0.4) is 0 Å². The van der Waals surface area contributed by atoms with Crippen molar-refractivity contribution < 1.29 is 9.53 Å². The van der Waals surface area contributed by atoms with Crippen LogP contribution in [0, 0.1) is 5.41 Å². The second-order valence-corrected chi connectivity index (χ2v) is 3.51. The Morgan fingerprint density at radius 3 is 3.13 bits per heavy atom. The van der Waals surface area contributed by atoms with Gasteiger partial charge in [-0.25, -0.2) is 4.79 Å². The van der Waals surface area contributed by atoms with Gasteiger partial charge in [0, 0.05) is 24.8 Å². The smallest absolute Gasteiger partial charge is 0.331 e. The number of hydrogen-bond donors (Lipinski definition) is 1. The molecule has 4 nitrogen and oxygen atoms in total. The fourth-order valence-electron chi connectivity index (χ4n) is 1.32. The maximum Gasteiger partial charge on any atom is 0.331 e. The first-order valence-electron chi connectivity index (χ1n) is 5.06. The van der Waals surface area contributed by atoms with Crippen LogP contribution in [0.2, 0.25) is 0 Å². The van der Waals surface area contributed by atoms with E-state index in [4.69, 9.17) is 10.1 Å². The third-order valence-electron chi connectivity index (χ3n) is 2.08. The molecule has 0 spiro atoms. The lowest BCUT2D eigenvalue weighted by Crippen LogP contribution is -2.19. The third kappa shape index (κ3) is 3.65. The summed E-state index contributed by atoms with van der Waals surface area (Å²) in [7, 11) is 0. The number of carbonyl (C=O) groups is 1. The van der Waals surface area contributed by atoms with Gasteiger partial charge in [-0.1, -0.05) is 6.08 Å². The summed E-state index contributed by atoms with van der Waals surface area (Å²) in [6, 6.07) is -0.373. The molecule has 0 bridgehead atoms. The van der Waals surface area contributed by atoms with Crippen LogP contribution < -0.4 is 0 Å². The van der Waals surface area contributed by atoms with E-state index in [2.05, 4.69) is 4.99 Å². The van der Waals surface area contributed by atoms with Crippen LogP contribution in [0.1, 0.15) is 26.7 Å². The van der Waals surface area contributed by atoms with Crippen molar-refractivity contribution in [3.63, 3.8) is 0 Å². The predicted molar refractivity (Wildman–Crippen MR) is 59.6 cm³/mol. The van der Waals surface area contributed by atoms with Gasteiger partial charge >= 0.3 is 5.97 Å². The summed E-state index contributed by atoms with van der Waals surface area (Å²) in [4.78, 5) is 15.4. The first kappa shape index (κ1) is 11.6. The van der Waals surface area contributed by atoms with Crippen LogP contribution in [-0.4, -0.2) is 30.5 Å². The average Bonchev–Trinajstić information content (AvgIpc) is 2.63. The minimum atomic E-state index is -0.373. The lowest BCUT2D eigenvalue weighted by molar-refractivity contribution is -0.144. The van der Waals surface area contributed by atoms with Crippen molar-refractivity contribution in [3.8, 4) is 0 Å². The van der Waals surface area contributed by atoms with Crippen LogP contribution in [0.5, 0.6) is 0 Å². The highest BCUT2D eigenvalue weighted by Gasteiger charge is 2.23. The fraction of sp³-hybridized carbons (Fsp3) is 0.545. The predicted octanol–water partition coefficient (Wildman–Crippen LogP) is 1.75. The van der Waals surface area contributed by atoms with Crippen molar-refractivity contribution in [3.05, 3.63) is 11.6 Å². The van der Waals surface area contributed by atoms with E-state index >= 15 is 0 Å². The number of hydrogen-bond acceptors (Lipinski definition) is 4. The van der Waals surface area contributed by atoms with Crippen molar-refractivity contribution in [1.29, 1.82) is 5.41 Å². The molecule has 4 heteroatoms. The summed E-state index contributed by atoms with van der Waals surface area (Å²) in [5.74, 6) is -0.260. The summed E-state index contributed by atoms with van der Waals surface area (Å²) in [5.41, 5.74) is 1.62. The summed E-state index contributed by atoms with van der Waals surface area (Å²) in [6.07, 6.45) is 4.86. The highest BCUT2D eigenvalue weighted by molar-refractivity contribution is 5.90. The first-order chi connectivity index (χ1) is 7.13. The molecule has 1 N–H and O–H groups in total. The van der Waals surface area contributed by atoms with E-state index in [0.717, 1.165) is 5.57 Å². The Labute approximate surface area is 89.5 Å². The molecule has 1 heterocycles. The zero-order valence-corrected chi connectivity index (χ0v) is 9.12. The summed E-state index contributed by atoms with van der Waals surface area (Å²) >= 11 is 0. The monoisotopic (exact) mass is 208 g/mol. The zero-order valence-electron chi connectivity index (χ0n) is 9.12. The lowest BCUT2D eigenvalue weighted by Gasteiger charge is -2.05. The topological polar surface area (TPSA) is 62.5 Å². The minimum absolute atomic E-state index is 0.260. The summed E-state index contributed by atoms with van der Waals surface area (Å²) in [5, 5.41) is 7.28. The molecule has 82 valence electrons. The Hall–Kier alpha value is -1.45. The van der Waals surface area contributed by atoms with Crippen LogP contribution in [0.15, 0.2) is 16.6 Å². The lowest BCUT2D eigenvalue weighted by atomic mass is 10.1. The molecule has 0 fully saturated rings. The Balaban J connectivity index is 2.46. The molecule has 1 rings (SSSR count). The molecule has 0 aliphatic carbocycles. The van der Waals surface area contributed by atoms with E-state index in [1.807, 2.05) is 6.08 Å². The Kier molecular flexibility index (Phi) is 4.21. The molecule has 1 atom stereocenters. The van der Waals surface area contributed by atoms with Gasteiger partial charge in [0.2, 0.25) is 0 Å². The van der Waals surface area contributed by atoms with Gasteiger partial charge < -0.3 is 10.1 Å². The van der Waals surface area contributed by atoms with Crippen LogP contribution in [-0.2, 0) is 9.53 Å². The molecule has 1 aliphatic rings. The summed E-state index contributed by atoms with van der Waals surface area (Å²) < 4.78 is 4.88. The number of ether oxygens (including phenoxy) is 1. The van der Waals surface area contributed by atoms with Crippen molar-refractivity contribution in [2.24, 2.45) is 4.99 Å². The van der Waals surface area contributed by atoms with Crippen LogP contribution >= 0.6 is 0 Å². The number of aliphatic imine (C=N–C) groups is 1. The number of rotatable bonds is 4. The van der Waals surface area contributed by atoms with Gasteiger partial charge in [-0.05, 0) is 19.4 Å². The average molecular weight is 208 g/mol. The van der Waals surface area contributed by atoms with E-state index in [9.17, 15) is 4.79 Å². The molecule has 0 radical (unpaired) electrons. The zero-order chi connectivity index (χ0) is 11.3. The van der Waals surface area contributed by atoms with E-state index in [1.54, 1.807) is 20.1 Å². The third-order valence-corrected chi connectivity index (χ3v) is 2.08. The molecule has 0 aromatic carbocycles. The maximum absolute atomic E-state index is 11.3. The SMILES string of the molecule is CCOC(=O)C1C/C(=C/CC(C)=N)C=N1. The second-order valence-electron chi connectivity index (χ2n) is 3.51. The van der Waals surface area contributed by atoms with E-state index in [-0.39, 0.29) is 12.0 Å². The molecule has 0 saturated carbocycles. The molecule has 0 aromatic heterocycles. The largest absolute Gasteiger partial charge is 0.464 e. The van der Waals surface area contributed by atoms with Gasteiger partial charge in [0.05, 0.1) is 6.61 Å². The Bertz CT molecular complexity index is 319. The van der Waals surface area contributed by atoms with Crippen molar-refractivity contribution in [2.75, 3.05) is 6.61 Å². The van der Waals surface area contributed by atoms with E-state index in [0.29, 0.717) is 25.2 Å². The van der Waals surface area contributed by atoms with Gasteiger partial charge in [0.25, 0.3) is 0 Å². The summed E-state index contributed by atoms with van der Waals surface area (Å²) in [6.45, 7) is 3.93. The number of carbonyl (C=O) groups excluding carboxylic acids is 1. The molecule has 15 heavy (non-hydrogen) atoms. The van der Waals surface area contributed by atoms with Gasteiger partial charge in [0.15, 0.2) is 6.04 Å². The Morgan fingerprint density at radius 1 is 1.80 bits per heavy atom. The molecule has 1 aliphatic heterocycles. The van der Waals surface area contributed by atoms with Crippen LogP contribution in [0.4, 0.5) is 0 Å². The van der Waals surface area contributed by atoms with Gasteiger partial charge in [0.1, 0.15) is 0 Å². The fourth-order valence-corrected chi connectivity index (χ4v) is 1.32. The maximum atomic E-state index is 11.3. The van der Waals surface area contributed by atoms with E-state index in [1.165, 1.54) is 0 Å². The van der Waals surface area contributed by atoms with Gasteiger partial charge in [-0.2, -0.15) is 0 Å². The number of nitrogens with zero attached hydrogens (tertiary/aromatic N) is 1. The molecule has 0 saturated heterocycles. The first-order valence-corrected chi connectivity index (χ1v) is 5.06. The minimum Gasteiger partial charge on any atom is -0.464 e. The number of esters is 1. The standard InChI is InChI=1S/C11H16N2O2/c1-3-15-11(14)10-6-9(7-13-10)5-4-8(2)12/h5,7,10,12H,3-4,6H2,1-2H3/b9-5-,12-8?. The van der Waals surface area contributed by atoms with E-state index < -0.39 is 0 Å². The normalized spacial score (nSPS) is 22.0. The highest BCUT2D eigenvalue weighted by atomic mass is 16.5.